The van der Waals surface area contributed by atoms with Crippen LogP contribution in [0.2, 0.25) is 0 Å². The molecule has 2 aromatic heterocycles. The Morgan fingerprint density at radius 2 is 2.10 bits per heavy atom. The standard InChI is InChI=1S/C21H21N3O2S3/c25-19(23(14-18-12-7-13-26-18)16-8-3-1-4-9-16)15-28-20-22-24(21(27)29-20)17-10-5-2-6-11-17/h2,5-8,10-13H,1,3-4,9,14-15H2. The maximum atomic E-state index is 13.1. The number of benzene rings is 1. The van der Waals surface area contributed by atoms with Crippen LogP contribution in [-0.4, -0.2) is 26.3 Å². The van der Waals surface area contributed by atoms with Gasteiger partial charge < -0.3 is 9.32 Å². The molecular weight excluding hydrogens is 422 g/mol. The minimum absolute atomic E-state index is 0.0620. The summed E-state index contributed by atoms with van der Waals surface area (Å²) >= 11 is 8.32. The molecule has 0 unspecified atom stereocenters. The van der Waals surface area contributed by atoms with Crippen molar-refractivity contribution < 1.29 is 9.21 Å². The van der Waals surface area contributed by atoms with Crippen LogP contribution in [-0.2, 0) is 11.3 Å². The number of carbonyl (C=O) groups excluding carboxylic acids is 1. The lowest BCUT2D eigenvalue weighted by atomic mass is 10.0. The predicted molar refractivity (Wildman–Crippen MR) is 119 cm³/mol. The van der Waals surface area contributed by atoms with E-state index < -0.39 is 0 Å². The second-order valence-electron chi connectivity index (χ2n) is 6.67. The first kappa shape index (κ1) is 20.1. The van der Waals surface area contributed by atoms with Crippen molar-refractivity contribution in [2.24, 2.45) is 0 Å². The van der Waals surface area contributed by atoms with Crippen molar-refractivity contribution in [1.29, 1.82) is 0 Å². The minimum atomic E-state index is 0.0620. The van der Waals surface area contributed by atoms with E-state index in [2.05, 4.69) is 11.2 Å². The Labute approximate surface area is 183 Å². The summed E-state index contributed by atoms with van der Waals surface area (Å²) in [5.74, 6) is 1.17. The Morgan fingerprint density at radius 1 is 1.24 bits per heavy atom. The number of rotatable bonds is 7. The van der Waals surface area contributed by atoms with E-state index in [4.69, 9.17) is 16.6 Å². The van der Waals surface area contributed by atoms with Crippen molar-refractivity contribution >= 4 is 41.2 Å². The maximum absolute atomic E-state index is 13.1. The third kappa shape index (κ3) is 5.07. The van der Waals surface area contributed by atoms with E-state index in [1.54, 1.807) is 10.9 Å². The second-order valence-corrected chi connectivity index (χ2v) is 9.52. The van der Waals surface area contributed by atoms with Crippen molar-refractivity contribution in [3.63, 3.8) is 0 Å². The molecule has 150 valence electrons. The summed E-state index contributed by atoms with van der Waals surface area (Å²) in [6.45, 7) is 0.465. The molecule has 1 aliphatic carbocycles. The lowest BCUT2D eigenvalue weighted by Crippen LogP contribution is -2.32. The fraction of sp³-hybridized carbons (Fsp3) is 0.286. The van der Waals surface area contributed by atoms with E-state index in [-0.39, 0.29) is 5.91 Å². The Hall–Kier alpha value is -2.16. The van der Waals surface area contributed by atoms with Gasteiger partial charge >= 0.3 is 0 Å². The molecule has 0 bridgehead atoms. The number of amides is 1. The molecule has 0 fully saturated rings. The molecule has 1 aliphatic rings. The molecule has 0 saturated heterocycles. The van der Waals surface area contributed by atoms with E-state index >= 15 is 0 Å². The normalized spacial score (nSPS) is 13.9. The number of allylic oxidation sites excluding steroid dienone is 2. The molecule has 5 nitrogen and oxygen atoms in total. The van der Waals surface area contributed by atoms with Gasteiger partial charge in [0.1, 0.15) is 5.76 Å². The zero-order chi connectivity index (χ0) is 20.1. The summed E-state index contributed by atoms with van der Waals surface area (Å²) in [5.41, 5.74) is 2.03. The average Bonchev–Trinajstić information content (AvgIpc) is 3.41. The van der Waals surface area contributed by atoms with E-state index in [1.807, 2.05) is 47.4 Å². The molecule has 3 aromatic rings. The molecular formula is C21H21N3O2S3. The van der Waals surface area contributed by atoms with Crippen molar-refractivity contribution in [2.75, 3.05) is 5.75 Å². The van der Waals surface area contributed by atoms with Crippen molar-refractivity contribution in [3.05, 3.63) is 70.2 Å². The highest BCUT2D eigenvalue weighted by Crippen LogP contribution is 2.27. The number of carbonyl (C=O) groups is 1. The lowest BCUT2D eigenvalue weighted by Gasteiger charge is -2.26. The van der Waals surface area contributed by atoms with Crippen LogP contribution in [0.25, 0.3) is 5.69 Å². The highest BCUT2D eigenvalue weighted by atomic mass is 32.2. The second kappa shape index (κ2) is 9.56. The number of nitrogens with zero attached hydrogens (tertiary/aromatic N) is 3. The van der Waals surface area contributed by atoms with Crippen molar-refractivity contribution in [2.45, 2.75) is 36.6 Å². The van der Waals surface area contributed by atoms with Crippen molar-refractivity contribution in [1.82, 2.24) is 14.7 Å². The predicted octanol–water partition coefficient (Wildman–Crippen LogP) is 5.84. The Kier molecular flexibility index (Phi) is 6.63. The molecule has 1 amide bonds. The number of hydrogen-bond donors (Lipinski definition) is 0. The molecule has 0 atom stereocenters. The van der Waals surface area contributed by atoms with Crippen molar-refractivity contribution in [3.8, 4) is 5.69 Å². The fourth-order valence-electron chi connectivity index (χ4n) is 3.23. The first-order valence-corrected chi connectivity index (χ1v) is 11.7. The summed E-state index contributed by atoms with van der Waals surface area (Å²) in [6.07, 6.45) is 8.07. The zero-order valence-corrected chi connectivity index (χ0v) is 18.3. The van der Waals surface area contributed by atoms with Gasteiger partial charge in [-0.15, -0.1) is 5.10 Å². The fourth-order valence-corrected chi connectivity index (χ4v) is 5.46. The van der Waals surface area contributed by atoms with Gasteiger partial charge in [-0.2, -0.15) is 0 Å². The highest BCUT2D eigenvalue weighted by Gasteiger charge is 2.21. The first-order valence-electron chi connectivity index (χ1n) is 9.51. The molecule has 0 N–H and O–H groups in total. The lowest BCUT2D eigenvalue weighted by molar-refractivity contribution is -0.127. The number of thioether (sulfide) groups is 1. The largest absolute Gasteiger partial charge is 0.467 e. The molecule has 4 rings (SSSR count). The number of aromatic nitrogens is 2. The Bertz CT molecular complexity index is 1040. The highest BCUT2D eigenvalue weighted by molar-refractivity contribution is 8.01. The van der Waals surface area contributed by atoms with Gasteiger partial charge in [-0.1, -0.05) is 47.4 Å². The zero-order valence-electron chi connectivity index (χ0n) is 15.8. The molecule has 2 heterocycles. The summed E-state index contributed by atoms with van der Waals surface area (Å²) < 4.78 is 8.70. The summed E-state index contributed by atoms with van der Waals surface area (Å²) in [6, 6.07) is 13.6. The Morgan fingerprint density at radius 3 is 2.83 bits per heavy atom. The van der Waals surface area contributed by atoms with Crippen LogP contribution < -0.4 is 0 Å². The van der Waals surface area contributed by atoms with Crippen LogP contribution in [0.1, 0.15) is 31.4 Å². The molecule has 0 aliphatic heterocycles. The minimum Gasteiger partial charge on any atom is -0.467 e. The molecule has 29 heavy (non-hydrogen) atoms. The average molecular weight is 444 g/mol. The van der Waals surface area contributed by atoms with E-state index in [0.717, 1.165) is 40.7 Å². The molecule has 1 aromatic carbocycles. The van der Waals surface area contributed by atoms with Crippen LogP contribution in [0.15, 0.2) is 69.3 Å². The quantitative estimate of drug-likeness (QED) is 0.339. The number of furan rings is 1. The van der Waals surface area contributed by atoms with Crippen LogP contribution in [0.5, 0.6) is 0 Å². The summed E-state index contributed by atoms with van der Waals surface area (Å²) in [7, 11) is 0. The summed E-state index contributed by atoms with van der Waals surface area (Å²) in [5, 5.41) is 4.59. The van der Waals surface area contributed by atoms with Gasteiger partial charge in [0.05, 0.1) is 24.2 Å². The van der Waals surface area contributed by atoms with Gasteiger partial charge in [0, 0.05) is 5.70 Å². The maximum Gasteiger partial charge on any atom is 0.237 e. The SMILES string of the molecule is O=C(CSc1nn(-c2ccccc2)c(=S)s1)N(Cc1ccco1)C1=CCCCC1. The van der Waals surface area contributed by atoms with Gasteiger partial charge in [-0.25, -0.2) is 4.68 Å². The van der Waals surface area contributed by atoms with Gasteiger partial charge in [0.15, 0.2) is 8.29 Å². The van der Waals surface area contributed by atoms with Crippen LogP contribution in [0.3, 0.4) is 0 Å². The van der Waals surface area contributed by atoms with Gasteiger partial charge in [-0.05, 0) is 62.2 Å². The molecule has 0 spiro atoms. The smallest absolute Gasteiger partial charge is 0.237 e. The van der Waals surface area contributed by atoms with E-state index in [0.29, 0.717) is 16.3 Å². The van der Waals surface area contributed by atoms with Gasteiger partial charge in [0.25, 0.3) is 0 Å². The van der Waals surface area contributed by atoms with E-state index in [1.165, 1.54) is 29.5 Å². The number of hydrogen-bond acceptors (Lipinski definition) is 6. The molecule has 0 radical (unpaired) electrons. The molecule has 0 saturated carbocycles. The third-order valence-corrected chi connectivity index (χ3v) is 7.01. The van der Waals surface area contributed by atoms with Crippen LogP contribution >= 0.6 is 35.3 Å². The summed E-state index contributed by atoms with van der Waals surface area (Å²) in [4.78, 5) is 14.9. The first-order chi connectivity index (χ1) is 14.2. The van der Waals surface area contributed by atoms with Crippen LogP contribution in [0, 0.1) is 3.95 Å². The Balaban J connectivity index is 1.46. The topological polar surface area (TPSA) is 51.3 Å². The number of para-hydroxylation sites is 1. The third-order valence-electron chi connectivity index (χ3n) is 4.66. The van der Waals surface area contributed by atoms with Crippen LogP contribution in [0.4, 0.5) is 0 Å². The molecule has 8 heteroatoms. The van der Waals surface area contributed by atoms with E-state index in [9.17, 15) is 4.79 Å². The van der Waals surface area contributed by atoms with Gasteiger partial charge in [-0.3, -0.25) is 4.79 Å². The van der Waals surface area contributed by atoms with Gasteiger partial charge in [0.2, 0.25) is 5.91 Å². The monoisotopic (exact) mass is 443 g/mol.